The molecule has 0 aliphatic heterocycles. The second-order valence-corrected chi connectivity index (χ2v) is 5.57. The number of likely N-dealkylation sites (N-methyl/N-ethyl adjacent to an activating group) is 1. The Balaban J connectivity index is 2.75. The summed E-state index contributed by atoms with van der Waals surface area (Å²) in [5.41, 5.74) is 8.67. The summed E-state index contributed by atoms with van der Waals surface area (Å²) in [5, 5.41) is 0. The van der Waals surface area contributed by atoms with Gasteiger partial charge >= 0.3 is 0 Å². The van der Waals surface area contributed by atoms with Crippen molar-refractivity contribution >= 4 is 0 Å². The van der Waals surface area contributed by atoms with Gasteiger partial charge in [0, 0.05) is 12.6 Å². The highest BCUT2D eigenvalue weighted by Gasteiger charge is 2.14. The van der Waals surface area contributed by atoms with Crippen LogP contribution in [0.5, 0.6) is 0 Å². The highest BCUT2D eigenvalue weighted by Crippen LogP contribution is 2.20. The summed E-state index contributed by atoms with van der Waals surface area (Å²) in [7, 11) is 2.16. The van der Waals surface area contributed by atoms with Crippen molar-refractivity contribution in [2.45, 2.75) is 39.7 Å². The minimum absolute atomic E-state index is 0.345. The first kappa shape index (κ1) is 15.2. The van der Waals surface area contributed by atoms with E-state index in [-0.39, 0.29) is 0 Å². The van der Waals surface area contributed by atoms with Crippen LogP contribution in [0.4, 0.5) is 0 Å². The first-order valence-corrected chi connectivity index (χ1v) is 7.07. The average Bonchev–Trinajstić information content (AvgIpc) is 2.32. The van der Waals surface area contributed by atoms with Crippen LogP contribution in [-0.2, 0) is 6.42 Å². The van der Waals surface area contributed by atoms with E-state index in [0.717, 1.165) is 13.0 Å². The molecule has 0 bridgehead atoms. The molecule has 0 aliphatic carbocycles. The number of benzene rings is 1. The van der Waals surface area contributed by atoms with E-state index in [0.29, 0.717) is 18.5 Å². The fourth-order valence-electron chi connectivity index (χ4n) is 2.43. The van der Waals surface area contributed by atoms with Gasteiger partial charge in [-0.1, -0.05) is 45.0 Å². The van der Waals surface area contributed by atoms with Crippen LogP contribution in [0.3, 0.4) is 0 Å². The minimum Gasteiger partial charge on any atom is -0.329 e. The van der Waals surface area contributed by atoms with Gasteiger partial charge in [-0.3, -0.25) is 4.90 Å². The number of nitrogens with two attached hydrogens (primary N) is 1. The van der Waals surface area contributed by atoms with Gasteiger partial charge < -0.3 is 5.73 Å². The molecular formula is C16H28N2. The maximum Gasteiger partial charge on any atom is 0.0467 e. The van der Waals surface area contributed by atoms with Gasteiger partial charge in [0.1, 0.15) is 0 Å². The molecule has 0 aromatic heterocycles. The third-order valence-corrected chi connectivity index (χ3v) is 3.34. The molecule has 18 heavy (non-hydrogen) atoms. The zero-order valence-corrected chi connectivity index (χ0v) is 12.3. The Morgan fingerprint density at radius 3 is 2.22 bits per heavy atom. The number of hydrogen-bond acceptors (Lipinski definition) is 2. The lowest BCUT2D eigenvalue weighted by Crippen LogP contribution is -2.31. The van der Waals surface area contributed by atoms with E-state index in [9.17, 15) is 0 Å². The third-order valence-electron chi connectivity index (χ3n) is 3.34. The Labute approximate surface area is 112 Å². The van der Waals surface area contributed by atoms with Gasteiger partial charge in [0.2, 0.25) is 0 Å². The second-order valence-electron chi connectivity index (χ2n) is 5.57. The van der Waals surface area contributed by atoms with Crippen LogP contribution in [0.25, 0.3) is 0 Å². The van der Waals surface area contributed by atoms with E-state index < -0.39 is 0 Å². The lowest BCUT2D eigenvalue weighted by molar-refractivity contribution is 0.251. The molecule has 0 saturated carbocycles. The Hall–Kier alpha value is -0.860. The SMILES string of the molecule is CCCN(C)C(CN)c1ccc(CC(C)C)cc1. The summed E-state index contributed by atoms with van der Waals surface area (Å²) in [6.07, 6.45) is 2.32. The van der Waals surface area contributed by atoms with E-state index in [2.05, 4.69) is 57.0 Å². The number of rotatable bonds is 7. The highest BCUT2D eigenvalue weighted by atomic mass is 15.1. The highest BCUT2D eigenvalue weighted by molar-refractivity contribution is 5.25. The van der Waals surface area contributed by atoms with E-state index >= 15 is 0 Å². The summed E-state index contributed by atoms with van der Waals surface area (Å²) in [6, 6.07) is 9.32. The lowest BCUT2D eigenvalue weighted by Gasteiger charge is -2.27. The molecule has 1 rings (SSSR count). The quantitative estimate of drug-likeness (QED) is 0.802. The van der Waals surface area contributed by atoms with Gasteiger partial charge in [-0.25, -0.2) is 0 Å². The van der Waals surface area contributed by atoms with Gasteiger partial charge in [-0.05, 0) is 43.5 Å². The van der Waals surface area contributed by atoms with Crippen molar-refractivity contribution in [3.05, 3.63) is 35.4 Å². The molecule has 1 unspecified atom stereocenters. The molecule has 0 radical (unpaired) electrons. The Bertz CT molecular complexity index is 329. The summed E-state index contributed by atoms with van der Waals surface area (Å²) in [5.74, 6) is 0.712. The van der Waals surface area contributed by atoms with Gasteiger partial charge in [-0.2, -0.15) is 0 Å². The van der Waals surface area contributed by atoms with Crippen LogP contribution < -0.4 is 5.73 Å². The molecule has 1 atom stereocenters. The predicted molar refractivity (Wildman–Crippen MR) is 79.7 cm³/mol. The molecular weight excluding hydrogens is 220 g/mol. The first-order chi connectivity index (χ1) is 8.58. The van der Waals surface area contributed by atoms with Gasteiger partial charge in [-0.15, -0.1) is 0 Å². The van der Waals surface area contributed by atoms with Crippen molar-refractivity contribution in [2.24, 2.45) is 11.7 Å². The first-order valence-electron chi connectivity index (χ1n) is 7.07. The second kappa shape index (κ2) is 7.55. The van der Waals surface area contributed by atoms with Crippen LogP contribution in [0, 0.1) is 5.92 Å². The summed E-state index contributed by atoms with van der Waals surface area (Å²) < 4.78 is 0. The fraction of sp³-hybridized carbons (Fsp3) is 0.625. The third kappa shape index (κ3) is 4.43. The Morgan fingerprint density at radius 2 is 1.78 bits per heavy atom. The minimum atomic E-state index is 0.345. The van der Waals surface area contributed by atoms with Crippen molar-refractivity contribution in [1.29, 1.82) is 0 Å². The van der Waals surface area contributed by atoms with Crippen LogP contribution in [-0.4, -0.2) is 25.0 Å². The van der Waals surface area contributed by atoms with Gasteiger partial charge in [0.05, 0.1) is 0 Å². The topological polar surface area (TPSA) is 29.3 Å². The van der Waals surface area contributed by atoms with Crippen molar-refractivity contribution in [3.63, 3.8) is 0 Å². The maximum absolute atomic E-state index is 5.91. The van der Waals surface area contributed by atoms with E-state index in [1.807, 2.05) is 0 Å². The molecule has 1 aromatic carbocycles. The van der Waals surface area contributed by atoms with Crippen molar-refractivity contribution in [3.8, 4) is 0 Å². The van der Waals surface area contributed by atoms with E-state index in [1.54, 1.807) is 0 Å². The summed E-state index contributed by atoms with van der Waals surface area (Å²) >= 11 is 0. The molecule has 0 saturated heterocycles. The maximum atomic E-state index is 5.91. The largest absolute Gasteiger partial charge is 0.329 e. The van der Waals surface area contributed by atoms with E-state index in [4.69, 9.17) is 5.73 Å². The molecule has 0 amide bonds. The zero-order valence-electron chi connectivity index (χ0n) is 12.3. The van der Waals surface area contributed by atoms with Gasteiger partial charge in [0.25, 0.3) is 0 Å². The molecule has 2 N–H and O–H groups in total. The normalized spacial score (nSPS) is 13.3. The molecule has 0 spiro atoms. The van der Waals surface area contributed by atoms with Crippen molar-refractivity contribution < 1.29 is 0 Å². The summed E-state index contributed by atoms with van der Waals surface area (Å²) in [6.45, 7) is 8.49. The standard InChI is InChI=1S/C16H28N2/c1-5-10-18(4)16(12-17)15-8-6-14(7-9-15)11-13(2)3/h6-9,13,16H,5,10-12,17H2,1-4H3. The average molecular weight is 248 g/mol. The van der Waals surface area contributed by atoms with Crippen LogP contribution >= 0.6 is 0 Å². The number of hydrogen-bond donors (Lipinski definition) is 1. The molecule has 1 aromatic rings. The number of nitrogens with zero attached hydrogens (tertiary/aromatic N) is 1. The lowest BCUT2D eigenvalue weighted by atomic mass is 9.99. The molecule has 0 fully saturated rings. The zero-order chi connectivity index (χ0) is 13.5. The molecule has 102 valence electrons. The van der Waals surface area contributed by atoms with E-state index in [1.165, 1.54) is 17.5 Å². The van der Waals surface area contributed by atoms with Gasteiger partial charge in [0.15, 0.2) is 0 Å². The van der Waals surface area contributed by atoms with Crippen LogP contribution in [0.1, 0.15) is 44.4 Å². The molecule has 0 aliphatic rings. The van der Waals surface area contributed by atoms with Crippen molar-refractivity contribution in [2.75, 3.05) is 20.1 Å². The van der Waals surface area contributed by atoms with Crippen LogP contribution in [0.2, 0.25) is 0 Å². The molecule has 0 heterocycles. The molecule has 2 heteroatoms. The monoisotopic (exact) mass is 248 g/mol. The van der Waals surface area contributed by atoms with Crippen LogP contribution in [0.15, 0.2) is 24.3 Å². The molecule has 2 nitrogen and oxygen atoms in total. The van der Waals surface area contributed by atoms with Crippen molar-refractivity contribution in [1.82, 2.24) is 4.90 Å². The Morgan fingerprint density at radius 1 is 1.17 bits per heavy atom. The fourth-order valence-corrected chi connectivity index (χ4v) is 2.43. The smallest absolute Gasteiger partial charge is 0.0467 e. The predicted octanol–water partition coefficient (Wildman–Crippen LogP) is 3.23. The summed E-state index contributed by atoms with van der Waals surface area (Å²) in [4.78, 5) is 2.34. The Kier molecular flexibility index (Phi) is 6.37.